The Hall–Kier alpha value is -0.420. The molecule has 1 aliphatic heterocycles. The normalized spacial score (nSPS) is 20.5. The van der Waals surface area contributed by atoms with E-state index in [4.69, 9.17) is 18.5 Å². The van der Waals surface area contributed by atoms with E-state index < -0.39 is 18.7 Å². The van der Waals surface area contributed by atoms with Gasteiger partial charge in [0.15, 0.2) is 5.16 Å². The third-order valence-electron chi connectivity index (χ3n) is 3.51. The van der Waals surface area contributed by atoms with Gasteiger partial charge in [-0.15, -0.1) is 0 Å². The molecular weight excluding hydrogens is 307 g/mol. The Balaban J connectivity index is 2.71. The van der Waals surface area contributed by atoms with Gasteiger partial charge in [-0.25, -0.2) is 0 Å². The first-order valence-corrected chi connectivity index (χ1v) is 9.59. The largest absolute Gasteiger partial charge is 0.465 e. The molecule has 1 heterocycles. The molecule has 0 aliphatic carbocycles. The molecule has 0 aromatic carbocycles. The summed E-state index contributed by atoms with van der Waals surface area (Å²) in [6.45, 7) is 8.52. The summed E-state index contributed by atoms with van der Waals surface area (Å²) in [5, 5.41) is -1.33. The predicted molar refractivity (Wildman–Crippen MR) is 84.1 cm³/mol. The highest BCUT2D eigenvalue weighted by Gasteiger charge is 2.51. The minimum absolute atomic E-state index is 0.0463. The van der Waals surface area contributed by atoms with Gasteiger partial charge in [0.05, 0.1) is 26.4 Å². The number of hydrogen-bond donors (Lipinski definition) is 0. The minimum Gasteiger partial charge on any atom is -0.465 e. The lowest BCUT2D eigenvalue weighted by Gasteiger charge is -2.31. The topological polar surface area (TPSA) is 74.4 Å². The van der Waals surface area contributed by atoms with Crippen molar-refractivity contribution < 1.29 is 27.9 Å². The minimum atomic E-state index is -3.63. The predicted octanol–water partition coefficient (Wildman–Crippen LogP) is 3.53. The highest BCUT2D eigenvalue weighted by molar-refractivity contribution is 7.56. The van der Waals surface area contributed by atoms with Gasteiger partial charge >= 0.3 is 13.6 Å². The number of carbonyl (C=O) groups is 1. The van der Waals surface area contributed by atoms with E-state index in [-0.39, 0.29) is 12.7 Å². The van der Waals surface area contributed by atoms with Crippen molar-refractivity contribution in [3.05, 3.63) is 0 Å². The van der Waals surface area contributed by atoms with Crippen molar-refractivity contribution in [2.24, 2.45) is 0 Å². The molecule has 1 fully saturated rings. The summed E-state index contributed by atoms with van der Waals surface area (Å²) >= 11 is 0. The number of hydrogen-bond acceptors (Lipinski definition) is 6. The standard InChI is InChI=1S/C15H29O6P/c1-5-7-9-18-14(16)15(3,4)22(17,20-10-8-6-2)21-12-13-11-19-13/h13H,5-12H2,1-4H3. The lowest BCUT2D eigenvalue weighted by Crippen LogP contribution is -2.36. The van der Waals surface area contributed by atoms with Crippen LogP contribution in [-0.4, -0.2) is 43.7 Å². The number of epoxide rings is 1. The maximum absolute atomic E-state index is 13.1. The van der Waals surface area contributed by atoms with E-state index >= 15 is 0 Å². The SMILES string of the molecule is CCCCOC(=O)C(C)(C)P(=O)(OCCCC)OCC1CO1. The smallest absolute Gasteiger partial charge is 0.347 e. The van der Waals surface area contributed by atoms with E-state index in [2.05, 4.69) is 0 Å². The van der Waals surface area contributed by atoms with Gasteiger partial charge in [-0.3, -0.25) is 9.36 Å². The Morgan fingerprint density at radius 1 is 1.18 bits per heavy atom. The highest BCUT2D eigenvalue weighted by Crippen LogP contribution is 2.60. The molecule has 0 amide bonds. The number of carbonyl (C=O) groups excluding carboxylic acids is 1. The summed E-state index contributed by atoms with van der Waals surface area (Å²) in [5.41, 5.74) is 0. The molecule has 1 aliphatic rings. The first kappa shape index (κ1) is 19.6. The quantitative estimate of drug-likeness (QED) is 0.235. The van der Waals surface area contributed by atoms with E-state index in [1.165, 1.54) is 0 Å². The molecule has 2 atom stereocenters. The van der Waals surface area contributed by atoms with Crippen LogP contribution in [0.1, 0.15) is 53.4 Å². The molecule has 22 heavy (non-hydrogen) atoms. The number of ether oxygens (including phenoxy) is 2. The van der Waals surface area contributed by atoms with Crippen LogP contribution >= 0.6 is 7.60 Å². The molecule has 1 saturated heterocycles. The molecule has 0 aromatic heterocycles. The van der Waals surface area contributed by atoms with Crippen molar-refractivity contribution in [3.8, 4) is 0 Å². The van der Waals surface area contributed by atoms with E-state index in [0.29, 0.717) is 19.8 Å². The second kappa shape index (κ2) is 9.02. The van der Waals surface area contributed by atoms with E-state index in [1.807, 2.05) is 13.8 Å². The molecule has 1 rings (SSSR count). The van der Waals surface area contributed by atoms with Crippen molar-refractivity contribution in [2.45, 2.75) is 64.6 Å². The van der Waals surface area contributed by atoms with Gasteiger partial charge in [-0.2, -0.15) is 0 Å². The van der Waals surface area contributed by atoms with Crippen LogP contribution < -0.4 is 0 Å². The van der Waals surface area contributed by atoms with E-state index in [9.17, 15) is 9.36 Å². The summed E-state index contributed by atoms with van der Waals surface area (Å²) in [5.74, 6) is -0.544. The first-order chi connectivity index (χ1) is 10.4. The average molecular weight is 336 g/mol. The van der Waals surface area contributed by atoms with Crippen molar-refractivity contribution in [1.82, 2.24) is 0 Å². The molecule has 6 nitrogen and oxygen atoms in total. The van der Waals surface area contributed by atoms with Crippen molar-refractivity contribution in [2.75, 3.05) is 26.4 Å². The Kier molecular flexibility index (Phi) is 8.04. The maximum Gasteiger partial charge on any atom is 0.347 e. The van der Waals surface area contributed by atoms with Crippen molar-refractivity contribution >= 4 is 13.6 Å². The van der Waals surface area contributed by atoms with E-state index in [0.717, 1.165) is 25.7 Å². The van der Waals surface area contributed by atoms with Crippen LogP contribution in [0.4, 0.5) is 0 Å². The fourth-order valence-electron chi connectivity index (χ4n) is 1.63. The van der Waals surface area contributed by atoms with Crippen LogP contribution in [0.5, 0.6) is 0 Å². The lowest BCUT2D eigenvalue weighted by atomic mass is 10.2. The maximum atomic E-state index is 13.1. The summed E-state index contributed by atoms with van der Waals surface area (Å²) in [4.78, 5) is 12.3. The fourth-order valence-corrected chi connectivity index (χ4v) is 3.37. The van der Waals surface area contributed by atoms with Crippen LogP contribution in [0.25, 0.3) is 0 Å². The zero-order valence-electron chi connectivity index (χ0n) is 14.1. The first-order valence-electron chi connectivity index (χ1n) is 8.05. The molecule has 7 heteroatoms. The van der Waals surface area contributed by atoms with Gasteiger partial charge in [-0.05, 0) is 26.7 Å². The zero-order chi connectivity index (χ0) is 16.6. The van der Waals surface area contributed by atoms with Crippen LogP contribution in [0.15, 0.2) is 0 Å². The third-order valence-corrected chi connectivity index (χ3v) is 6.07. The average Bonchev–Trinajstić information content (AvgIpc) is 3.29. The molecule has 0 spiro atoms. The van der Waals surface area contributed by atoms with Crippen LogP contribution in [-0.2, 0) is 27.9 Å². The molecule has 0 bridgehead atoms. The molecule has 130 valence electrons. The van der Waals surface area contributed by atoms with Gasteiger partial charge in [0, 0.05) is 0 Å². The van der Waals surface area contributed by atoms with Crippen LogP contribution in [0.2, 0.25) is 0 Å². The second-order valence-electron chi connectivity index (χ2n) is 5.98. The molecule has 0 aromatic rings. The Labute approximate surface area is 133 Å². The fraction of sp³-hybridized carbons (Fsp3) is 0.933. The molecular formula is C15H29O6P. The Morgan fingerprint density at radius 3 is 2.32 bits per heavy atom. The molecule has 0 saturated carbocycles. The zero-order valence-corrected chi connectivity index (χ0v) is 15.0. The van der Waals surface area contributed by atoms with E-state index in [1.54, 1.807) is 13.8 Å². The Bertz CT molecular complexity index is 391. The van der Waals surface area contributed by atoms with Gasteiger partial charge in [0.25, 0.3) is 0 Å². The van der Waals surface area contributed by atoms with Crippen molar-refractivity contribution in [3.63, 3.8) is 0 Å². The number of esters is 1. The van der Waals surface area contributed by atoms with Crippen LogP contribution in [0.3, 0.4) is 0 Å². The van der Waals surface area contributed by atoms with Gasteiger partial charge < -0.3 is 18.5 Å². The molecule has 2 unspecified atom stereocenters. The van der Waals surface area contributed by atoms with Crippen molar-refractivity contribution in [1.29, 1.82) is 0 Å². The number of unbranched alkanes of at least 4 members (excludes halogenated alkanes) is 2. The van der Waals surface area contributed by atoms with Gasteiger partial charge in [-0.1, -0.05) is 26.7 Å². The molecule has 0 radical (unpaired) electrons. The molecule has 0 N–H and O–H groups in total. The third kappa shape index (κ3) is 5.65. The highest BCUT2D eigenvalue weighted by atomic mass is 31.2. The monoisotopic (exact) mass is 336 g/mol. The second-order valence-corrected chi connectivity index (χ2v) is 8.61. The lowest BCUT2D eigenvalue weighted by molar-refractivity contribution is -0.146. The number of rotatable bonds is 12. The van der Waals surface area contributed by atoms with Gasteiger partial charge in [0.2, 0.25) is 0 Å². The summed E-state index contributed by atoms with van der Waals surface area (Å²) in [6.07, 6.45) is 3.32. The Morgan fingerprint density at radius 2 is 1.77 bits per heavy atom. The summed E-state index contributed by atoms with van der Waals surface area (Å²) in [6, 6.07) is 0. The summed E-state index contributed by atoms with van der Waals surface area (Å²) in [7, 11) is -3.63. The van der Waals surface area contributed by atoms with Gasteiger partial charge in [0.1, 0.15) is 6.10 Å². The van der Waals surface area contributed by atoms with Crippen LogP contribution in [0, 0.1) is 0 Å². The summed E-state index contributed by atoms with van der Waals surface area (Å²) < 4.78 is 34.4.